The van der Waals surface area contributed by atoms with Crippen LogP contribution in [0.4, 0.5) is 0 Å². The Morgan fingerprint density at radius 1 is 0.897 bits per heavy atom. The SMILES string of the molecule is Cc1cccc(C[n+]2cccc(Cn3c4c(c5ccccc53)CCCC4)c2)c1.[Cl-]. The van der Waals surface area contributed by atoms with Crippen molar-refractivity contribution in [2.75, 3.05) is 0 Å². The van der Waals surface area contributed by atoms with Crippen LogP contribution in [0.15, 0.2) is 73.1 Å². The van der Waals surface area contributed by atoms with E-state index in [4.69, 9.17) is 0 Å². The molecular weight excluding hydrogens is 376 g/mol. The number of aryl methyl sites for hydroxylation is 2. The van der Waals surface area contributed by atoms with Gasteiger partial charge in [0.15, 0.2) is 18.9 Å². The van der Waals surface area contributed by atoms with Crippen LogP contribution in [0.5, 0.6) is 0 Å². The largest absolute Gasteiger partial charge is 1.00 e. The Hall–Kier alpha value is -2.58. The second-order valence-electron chi connectivity index (χ2n) is 8.11. The molecule has 0 radical (unpaired) electrons. The zero-order valence-electron chi connectivity index (χ0n) is 16.9. The van der Waals surface area contributed by atoms with Gasteiger partial charge in [-0.1, -0.05) is 42.0 Å². The number of nitrogens with zero attached hydrogens (tertiary/aromatic N) is 2. The molecule has 0 amide bonds. The molecule has 0 saturated carbocycles. The number of para-hydroxylation sites is 1. The van der Waals surface area contributed by atoms with E-state index in [1.165, 1.54) is 53.3 Å². The number of aromatic nitrogens is 2. The van der Waals surface area contributed by atoms with Crippen molar-refractivity contribution < 1.29 is 17.0 Å². The fourth-order valence-electron chi connectivity index (χ4n) is 4.74. The molecule has 0 unspecified atom stereocenters. The van der Waals surface area contributed by atoms with E-state index < -0.39 is 0 Å². The normalized spacial score (nSPS) is 13.1. The molecule has 0 aliphatic heterocycles. The van der Waals surface area contributed by atoms with Gasteiger partial charge in [-0.2, -0.15) is 0 Å². The summed E-state index contributed by atoms with van der Waals surface area (Å²) < 4.78 is 4.87. The summed E-state index contributed by atoms with van der Waals surface area (Å²) in [7, 11) is 0. The lowest BCUT2D eigenvalue weighted by Gasteiger charge is -2.16. The van der Waals surface area contributed by atoms with Crippen LogP contribution in [0.3, 0.4) is 0 Å². The van der Waals surface area contributed by atoms with Crippen molar-refractivity contribution in [1.29, 1.82) is 0 Å². The fourth-order valence-corrected chi connectivity index (χ4v) is 4.74. The monoisotopic (exact) mass is 402 g/mol. The maximum atomic E-state index is 2.57. The van der Waals surface area contributed by atoms with Crippen LogP contribution in [-0.2, 0) is 25.9 Å². The Balaban J connectivity index is 0.00000205. The molecule has 3 heteroatoms. The zero-order chi connectivity index (χ0) is 18.9. The lowest BCUT2D eigenvalue weighted by molar-refractivity contribution is -0.688. The molecule has 5 rings (SSSR count). The van der Waals surface area contributed by atoms with Gasteiger partial charge in [0.05, 0.1) is 6.54 Å². The minimum Gasteiger partial charge on any atom is -1.00 e. The number of hydrogen-bond donors (Lipinski definition) is 0. The number of halogens is 1. The molecule has 2 nitrogen and oxygen atoms in total. The molecule has 0 atom stereocenters. The van der Waals surface area contributed by atoms with Crippen LogP contribution in [0.1, 0.15) is 40.8 Å². The van der Waals surface area contributed by atoms with Crippen molar-refractivity contribution in [3.8, 4) is 0 Å². The zero-order valence-corrected chi connectivity index (χ0v) is 17.7. The third kappa shape index (κ3) is 3.95. The van der Waals surface area contributed by atoms with E-state index in [0.29, 0.717) is 0 Å². The van der Waals surface area contributed by atoms with Gasteiger partial charge in [-0.25, -0.2) is 4.57 Å². The summed E-state index contributed by atoms with van der Waals surface area (Å²) in [5, 5.41) is 1.46. The highest BCUT2D eigenvalue weighted by molar-refractivity contribution is 5.86. The van der Waals surface area contributed by atoms with Crippen LogP contribution in [0.2, 0.25) is 0 Å². The van der Waals surface area contributed by atoms with Gasteiger partial charge >= 0.3 is 0 Å². The van der Waals surface area contributed by atoms with Gasteiger partial charge in [0, 0.05) is 33.8 Å². The summed E-state index contributed by atoms with van der Waals surface area (Å²) in [6.45, 7) is 4.02. The van der Waals surface area contributed by atoms with Crippen molar-refractivity contribution in [2.45, 2.75) is 45.7 Å². The standard InChI is InChI=1S/C26H27N2.ClH/c1-20-8-6-9-21(16-20)17-27-15-7-10-22(18-27)19-28-25-13-4-2-11-23(25)24-12-3-5-14-26(24)28;/h2,4,6-11,13,15-16,18H,3,5,12,14,17,19H2,1H3;1H/q+1;/p-1. The molecule has 0 spiro atoms. The van der Waals surface area contributed by atoms with Crippen LogP contribution >= 0.6 is 0 Å². The summed E-state index contributed by atoms with van der Waals surface area (Å²) in [5.74, 6) is 0. The topological polar surface area (TPSA) is 8.81 Å². The van der Waals surface area contributed by atoms with Crippen LogP contribution in [-0.4, -0.2) is 4.57 Å². The first kappa shape index (κ1) is 19.7. The highest BCUT2D eigenvalue weighted by Crippen LogP contribution is 2.32. The first-order valence-corrected chi connectivity index (χ1v) is 10.4. The third-order valence-corrected chi connectivity index (χ3v) is 5.99. The average Bonchev–Trinajstić information content (AvgIpc) is 3.03. The highest BCUT2D eigenvalue weighted by Gasteiger charge is 2.20. The van der Waals surface area contributed by atoms with Crippen molar-refractivity contribution in [1.82, 2.24) is 4.57 Å². The molecule has 0 bridgehead atoms. The number of benzene rings is 2. The summed E-state index contributed by atoms with van der Waals surface area (Å²) >= 11 is 0. The van der Waals surface area contributed by atoms with E-state index in [2.05, 4.69) is 89.1 Å². The van der Waals surface area contributed by atoms with Crippen molar-refractivity contribution in [2.24, 2.45) is 0 Å². The van der Waals surface area contributed by atoms with E-state index in [-0.39, 0.29) is 12.4 Å². The van der Waals surface area contributed by atoms with Crippen molar-refractivity contribution >= 4 is 10.9 Å². The van der Waals surface area contributed by atoms with E-state index >= 15 is 0 Å². The first-order chi connectivity index (χ1) is 13.8. The highest BCUT2D eigenvalue weighted by atomic mass is 35.5. The molecule has 1 aliphatic carbocycles. The van der Waals surface area contributed by atoms with Gasteiger partial charge in [0.2, 0.25) is 0 Å². The summed E-state index contributed by atoms with van der Waals surface area (Å²) in [6.07, 6.45) is 9.56. The Bertz CT molecular complexity index is 1140. The molecule has 4 aromatic rings. The van der Waals surface area contributed by atoms with Gasteiger partial charge in [0.1, 0.15) is 0 Å². The molecule has 148 valence electrons. The Morgan fingerprint density at radius 2 is 1.72 bits per heavy atom. The average molecular weight is 403 g/mol. The first-order valence-electron chi connectivity index (χ1n) is 10.4. The maximum absolute atomic E-state index is 2.57. The third-order valence-electron chi connectivity index (χ3n) is 5.99. The van der Waals surface area contributed by atoms with Gasteiger partial charge in [0.25, 0.3) is 0 Å². The summed E-state index contributed by atoms with van der Waals surface area (Å²) in [4.78, 5) is 0. The lowest BCUT2D eigenvalue weighted by atomic mass is 9.95. The predicted octanol–water partition coefficient (Wildman–Crippen LogP) is 2.22. The van der Waals surface area contributed by atoms with Crippen LogP contribution in [0.25, 0.3) is 10.9 Å². The van der Waals surface area contributed by atoms with E-state index in [0.717, 1.165) is 13.1 Å². The molecule has 2 aromatic heterocycles. The lowest BCUT2D eigenvalue weighted by Crippen LogP contribution is -3.00. The second-order valence-corrected chi connectivity index (χ2v) is 8.11. The van der Waals surface area contributed by atoms with Crippen LogP contribution in [0, 0.1) is 6.92 Å². The molecule has 0 fully saturated rings. The Morgan fingerprint density at radius 3 is 2.62 bits per heavy atom. The Kier molecular flexibility index (Phi) is 5.73. The molecule has 0 N–H and O–H groups in total. The van der Waals surface area contributed by atoms with Crippen LogP contribution < -0.4 is 17.0 Å². The fraction of sp³-hybridized carbons (Fsp3) is 0.269. The number of fused-ring (bicyclic) bond motifs is 3. The smallest absolute Gasteiger partial charge is 0.174 e. The predicted molar refractivity (Wildman–Crippen MR) is 115 cm³/mol. The Labute approximate surface area is 179 Å². The molecule has 2 heterocycles. The van der Waals surface area contributed by atoms with Gasteiger partial charge in [-0.05, 0) is 56.4 Å². The van der Waals surface area contributed by atoms with Gasteiger partial charge < -0.3 is 17.0 Å². The van der Waals surface area contributed by atoms with Gasteiger partial charge in [-0.3, -0.25) is 0 Å². The molecule has 29 heavy (non-hydrogen) atoms. The quantitative estimate of drug-likeness (QED) is 0.463. The number of hydrogen-bond acceptors (Lipinski definition) is 0. The molecule has 0 saturated heterocycles. The minimum absolute atomic E-state index is 0. The van der Waals surface area contributed by atoms with E-state index in [1.54, 1.807) is 11.3 Å². The van der Waals surface area contributed by atoms with Crippen molar-refractivity contribution in [3.05, 3.63) is 101 Å². The molecular formula is C26H27ClN2. The second kappa shape index (κ2) is 8.42. The van der Waals surface area contributed by atoms with E-state index in [1.807, 2.05) is 0 Å². The van der Waals surface area contributed by atoms with Gasteiger partial charge in [-0.15, -0.1) is 0 Å². The maximum Gasteiger partial charge on any atom is 0.174 e. The van der Waals surface area contributed by atoms with E-state index in [9.17, 15) is 0 Å². The molecule has 1 aliphatic rings. The number of pyridine rings is 1. The van der Waals surface area contributed by atoms with Crippen molar-refractivity contribution in [3.63, 3.8) is 0 Å². The summed E-state index contributed by atoms with van der Waals surface area (Å²) in [5.41, 5.74) is 8.57. The summed E-state index contributed by atoms with van der Waals surface area (Å²) in [6, 6.07) is 22.2. The minimum atomic E-state index is 0. The number of rotatable bonds is 4. The molecule has 2 aromatic carbocycles.